The van der Waals surface area contributed by atoms with Crippen molar-refractivity contribution >= 4 is 33.7 Å². The van der Waals surface area contributed by atoms with Crippen LogP contribution in [-0.4, -0.2) is 21.1 Å². The van der Waals surface area contributed by atoms with Gasteiger partial charge in [-0.3, -0.25) is 4.79 Å². The van der Waals surface area contributed by atoms with Crippen molar-refractivity contribution in [1.29, 1.82) is 0 Å². The first-order valence-corrected chi connectivity index (χ1v) is 7.54. The number of furan rings is 1. The summed E-state index contributed by atoms with van der Waals surface area (Å²) in [5.74, 6) is 1.41. The van der Waals surface area contributed by atoms with Gasteiger partial charge in [0.1, 0.15) is 11.3 Å². The lowest BCUT2D eigenvalue weighted by atomic mass is 10.3. The Hall–Kier alpha value is -2.06. The van der Waals surface area contributed by atoms with Crippen molar-refractivity contribution in [3.8, 4) is 10.8 Å². The van der Waals surface area contributed by atoms with Gasteiger partial charge in [-0.15, -0.1) is 21.5 Å². The van der Waals surface area contributed by atoms with E-state index in [1.165, 1.54) is 22.7 Å². The summed E-state index contributed by atoms with van der Waals surface area (Å²) in [5.41, 5.74) is 2.27. The van der Waals surface area contributed by atoms with Crippen LogP contribution >= 0.6 is 22.7 Å². The number of hydrogen-bond acceptors (Lipinski definition) is 7. The Morgan fingerprint density at radius 2 is 2.30 bits per heavy atom. The van der Waals surface area contributed by atoms with Crippen molar-refractivity contribution < 1.29 is 9.21 Å². The van der Waals surface area contributed by atoms with Gasteiger partial charge in [0.25, 0.3) is 0 Å². The first kappa shape index (κ1) is 12.9. The molecule has 0 fully saturated rings. The number of thiazole rings is 1. The van der Waals surface area contributed by atoms with Crippen LogP contribution in [0, 0.1) is 6.92 Å². The number of hydrogen-bond donors (Lipinski definition) is 1. The second-order valence-electron chi connectivity index (χ2n) is 4.02. The lowest BCUT2D eigenvalue weighted by Crippen LogP contribution is -2.14. The van der Waals surface area contributed by atoms with Crippen LogP contribution in [0.1, 0.15) is 11.5 Å². The number of nitrogens with one attached hydrogen (secondary N) is 1. The zero-order valence-corrected chi connectivity index (χ0v) is 12.1. The first-order chi connectivity index (χ1) is 9.70. The van der Waals surface area contributed by atoms with Gasteiger partial charge >= 0.3 is 0 Å². The summed E-state index contributed by atoms with van der Waals surface area (Å²) in [7, 11) is 0. The molecule has 0 unspecified atom stereocenters. The van der Waals surface area contributed by atoms with E-state index < -0.39 is 0 Å². The fourth-order valence-corrected chi connectivity index (χ4v) is 2.85. The Balaban J connectivity index is 1.66. The predicted octanol–water partition coefficient (Wildman–Crippen LogP) is 2.74. The summed E-state index contributed by atoms with van der Waals surface area (Å²) in [6.07, 6.45) is 0.204. The van der Waals surface area contributed by atoms with E-state index in [1.807, 2.05) is 24.4 Å². The average Bonchev–Trinajstić information content (AvgIpc) is 3.10. The smallest absolute Gasteiger partial charge is 0.232 e. The molecule has 0 spiro atoms. The van der Waals surface area contributed by atoms with Gasteiger partial charge in [-0.25, -0.2) is 4.98 Å². The third kappa shape index (κ3) is 2.91. The Bertz CT molecular complexity index is 717. The number of amides is 1. The van der Waals surface area contributed by atoms with Gasteiger partial charge in [-0.2, -0.15) is 0 Å². The second-order valence-corrected chi connectivity index (χ2v) is 5.71. The summed E-state index contributed by atoms with van der Waals surface area (Å²) >= 11 is 2.74. The van der Waals surface area contributed by atoms with E-state index in [9.17, 15) is 4.79 Å². The van der Waals surface area contributed by atoms with E-state index in [1.54, 1.807) is 5.51 Å². The zero-order valence-electron chi connectivity index (χ0n) is 10.5. The molecule has 6 nitrogen and oxygen atoms in total. The van der Waals surface area contributed by atoms with E-state index in [4.69, 9.17) is 4.42 Å². The predicted molar refractivity (Wildman–Crippen MR) is 76.8 cm³/mol. The molecule has 0 bridgehead atoms. The molecule has 1 amide bonds. The molecule has 0 aliphatic carbocycles. The maximum Gasteiger partial charge on any atom is 0.232 e. The fourth-order valence-electron chi connectivity index (χ4n) is 1.61. The summed E-state index contributed by atoms with van der Waals surface area (Å²) < 4.78 is 5.50. The molecule has 0 radical (unpaired) electrons. The number of carbonyl (C=O) groups excluding carboxylic acids is 1. The van der Waals surface area contributed by atoms with E-state index in [2.05, 4.69) is 20.5 Å². The Labute approximate surface area is 122 Å². The summed E-state index contributed by atoms with van der Waals surface area (Å²) in [6, 6.07) is 3.76. The lowest BCUT2D eigenvalue weighted by Gasteiger charge is -1.97. The molecular formula is C12H10N4O2S2. The average molecular weight is 306 g/mol. The summed E-state index contributed by atoms with van der Waals surface area (Å²) in [4.78, 5) is 16.2. The number of rotatable bonds is 4. The van der Waals surface area contributed by atoms with Crippen LogP contribution in [-0.2, 0) is 11.2 Å². The largest absolute Gasteiger partial charge is 0.459 e. The van der Waals surface area contributed by atoms with Crippen molar-refractivity contribution in [3.05, 3.63) is 34.5 Å². The number of aromatic nitrogens is 3. The molecule has 0 aromatic carbocycles. The standard InChI is InChI=1S/C12H10N4O2S2/c1-7-2-3-9(18-7)11-14-8(5-19-11)4-10(17)15-12-16-13-6-20-12/h2-3,5-6H,4H2,1H3,(H,15,16,17). The molecule has 3 rings (SSSR count). The van der Waals surface area contributed by atoms with Crippen LogP contribution in [0.2, 0.25) is 0 Å². The molecule has 3 aromatic heterocycles. The molecule has 0 saturated heterocycles. The molecular weight excluding hydrogens is 296 g/mol. The van der Waals surface area contributed by atoms with E-state index >= 15 is 0 Å². The molecule has 0 aliphatic heterocycles. The van der Waals surface area contributed by atoms with Crippen LogP contribution in [0.3, 0.4) is 0 Å². The van der Waals surface area contributed by atoms with E-state index in [0.717, 1.165) is 16.5 Å². The van der Waals surface area contributed by atoms with Crippen molar-refractivity contribution in [2.45, 2.75) is 13.3 Å². The highest BCUT2D eigenvalue weighted by atomic mass is 32.1. The van der Waals surface area contributed by atoms with Crippen molar-refractivity contribution in [2.24, 2.45) is 0 Å². The van der Waals surface area contributed by atoms with Crippen LogP contribution in [0.15, 0.2) is 27.4 Å². The van der Waals surface area contributed by atoms with Crippen LogP contribution in [0.4, 0.5) is 5.13 Å². The van der Waals surface area contributed by atoms with E-state index in [0.29, 0.717) is 10.8 Å². The zero-order chi connectivity index (χ0) is 13.9. The van der Waals surface area contributed by atoms with E-state index in [-0.39, 0.29) is 12.3 Å². The Morgan fingerprint density at radius 3 is 3.00 bits per heavy atom. The molecule has 0 saturated carbocycles. The minimum atomic E-state index is -0.158. The highest BCUT2D eigenvalue weighted by Gasteiger charge is 2.12. The molecule has 0 aliphatic rings. The van der Waals surface area contributed by atoms with Gasteiger partial charge in [0.2, 0.25) is 11.0 Å². The quantitative estimate of drug-likeness (QED) is 0.801. The van der Waals surface area contributed by atoms with Gasteiger partial charge in [0.15, 0.2) is 10.8 Å². The molecule has 8 heteroatoms. The van der Waals surface area contributed by atoms with Crippen LogP contribution in [0.5, 0.6) is 0 Å². The Morgan fingerprint density at radius 1 is 1.40 bits per heavy atom. The highest BCUT2D eigenvalue weighted by Crippen LogP contribution is 2.25. The van der Waals surface area contributed by atoms with Crippen LogP contribution in [0.25, 0.3) is 10.8 Å². The van der Waals surface area contributed by atoms with Gasteiger partial charge in [0.05, 0.1) is 12.1 Å². The first-order valence-electron chi connectivity index (χ1n) is 5.78. The molecule has 20 heavy (non-hydrogen) atoms. The minimum Gasteiger partial charge on any atom is -0.459 e. The number of aryl methyl sites for hydroxylation is 1. The number of carbonyl (C=O) groups is 1. The summed E-state index contributed by atoms with van der Waals surface area (Å²) in [5, 5.41) is 13.2. The van der Waals surface area contributed by atoms with Gasteiger partial charge in [-0.1, -0.05) is 11.3 Å². The number of nitrogens with zero attached hydrogens (tertiary/aromatic N) is 3. The summed E-state index contributed by atoms with van der Waals surface area (Å²) in [6.45, 7) is 1.88. The van der Waals surface area contributed by atoms with Crippen molar-refractivity contribution in [2.75, 3.05) is 5.32 Å². The maximum atomic E-state index is 11.8. The highest BCUT2D eigenvalue weighted by molar-refractivity contribution is 7.13. The topological polar surface area (TPSA) is 80.9 Å². The normalized spacial score (nSPS) is 10.7. The maximum absolute atomic E-state index is 11.8. The molecule has 3 heterocycles. The third-order valence-corrected chi connectivity index (χ3v) is 3.96. The number of anilines is 1. The molecule has 0 atom stereocenters. The van der Waals surface area contributed by atoms with Gasteiger partial charge in [0, 0.05) is 5.38 Å². The fraction of sp³-hybridized carbons (Fsp3) is 0.167. The van der Waals surface area contributed by atoms with Crippen molar-refractivity contribution in [3.63, 3.8) is 0 Å². The third-order valence-electron chi connectivity index (χ3n) is 2.45. The SMILES string of the molecule is Cc1ccc(-c2nc(CC(=O)Nc3nncs3)cs2)o1. The molecule has 1 N–H and O–H groups in total. The lowest BCUT2D eigenvalue weighted by molar-refractivity contribution is -0.115. The molecule has 3 aromatic rings. The van der Waals surface area contributed by atoms with Crippen molar-refractivity contribution in [1.82, 2.24) is 15.2 Å². The van der Waals surface area contributed by atoms with Gasteiger partial charge in [-0.05, 0) is 19.1 Å². The van der Waals surface area contributed by atoms with Crippen LogP contribution < -0.4 is 5.32 Å². The van der Waals surface area contributed by atoms with Gasteiger partial charge < -0.3 is 9.73 Å². The molecule has 102 valence electrons. The minimum absolute atomic E-state index is 0.158. The monoisotopic (exact) mass is 306 g/mol. The second kappa shape index (κ2) is 5.51. The Kier molecular flexibility index (Phi) is 3.57.